The Bertz CT molecular complexity index is 571. The van der Waals surface area contributed by atoms with Crippen LogP contribution in [0.15, 0.2) is 53.1 Å². The number of piperidine rings is 1. The van der Waals surface area contributed by atoms with Crippen LogP contribution < -0.4 is 0 Å². The van der Waals surface area contributed by atoms with E-state index in [0.717, 1.165) is 18.8 Å². The molecule has 2 heterocycles. The van der Waals surface area contributed by atoms with Crippen molar-refractivity contribution in [3.63, 3.8) is 0 Å². The van der Waals surface area contributed by atoms with Gasteiger partial charge < -0.3 is 9.52 Å². The molecule has 0 saturated carbocycles. The lowest BCUT2D eigenvalue weighted by Gasteiger charge is -2.35. The third-order valence-corrected chi connectivity index (χ3v) is 4.17. The van der Waals surface area contributed by atoms with Crippen LogP contribution in [0.25, 0.3) is 0 Å². The molecule has 1 atom stereocenters. The number of carbonyl (C=O) groups is 1. The van der Waals surface area contributed by atoms with Crippen LogP contribution in [0.3, 0.4) is 0 Å². The maximum atomic E-state index is 11.1. The third kappa shape index (κ3) is 3.00. The standard InChI is InChI=1S/C17H19NO3/c19-17(20)14-8-10-18(11-9-14)16(15-7-4-12-21-15)13-5-2-1-3-6-13/h1-7,12,14,16H,8-11H2,(H,19,20). The van der Waals surface area contributed by atoms with Crippen LogP contribution >= 0.6 is 0 Å². The number of nitrogens with zero attached hydrogens (tertiary/aromatic N) is 1. The van der Waals surface area contributed by atoms with Crippen LogP contribution in [0.4, 0.5) is 0 Å². The molecule has 1 N–H and O–H groups in total. The number of likely N-dealkylation sites (tertiary alicyclic amines) is 1. The van der Waals surface area contributed by atoms with E-state index in [1.165, 1.54) is 5.56 Å². The molecule has 1 aliphatic rings. The van der Waals surface area contributed by atoms with Crippen LogP contribution in [0.5, 0.6) is 0 Å². The first-order valence-corrected chi connectivity index (χ1v) is 7.31. The quantitative estimate of drug-likeness (QED) is 0.937. The van der Waals surface area contributed by atoms with Gasteiger partial charge in [0.05, 0.1) is 18.2 Å². The molecule has 21 heavy (non-hydrogen) atoms. The number of hydrogen-bond acceptors (Lipinski definition) is 3. The van der Waals surface area contributed by atoms with Gasteiger partial charge in [-0.2, -0.15) is 0 Å². The molecule has 110 valence electrons. The second-order valence-corrected chi connectivity index (χ2v) is 5.48. The third-order valence-electron chi connectivity index (χ3n) is 4.17. The second-order valence-electron chi connectivity index (χ2n) is 5.48. The van der Waals surface area contributed by atoms with Crippen molar-refractivity contribution in [1.82, 2.24) is 4.90 Å². The van der Waals surface area contributed by atoms with Gasteiger partial charge in [-0.1, -0.05) is 30.3 Å². The zero-order chi connectivity index (χ0) is 14.7. The second kappa shape index (κ2) is 6.14. The van der Waals surface area contributed by atoms with Gasteiger partial charge in [0, 0.05) is 0 Å². The summed E-state index contributed by atoms with van der Waals surface area (Å²) >= 11 is 0. The van der Waals surface area contributed by atoms with Crippen molar-refractivity contribution < 1.29 is 14.3 Å². The summed E-state index contributed by atoms with van der Waals surface area (Å²) in [4.78, 5) is 13.4. The Hall–Kier alpha value is -2.07. The predicted octanol–water partition coefficient (Wildman–Crippen LogP) is 3.17. The number of aliphatic carboxylic acids is 1. The van der Waals surface area contributed by atoms with Gasteiger partial charge in [-0.05, 0) is 43.6 Å². The van der Waals surface area contributed by atoms with E-state index in [9.17, 15) is 4.79 Å². The van der Waals surface area contributed by atoms with Gasteiger partial charge in [0.25, 0.3) is 0 Å². The van der Waals surface area contributed by atoms with Gasteiger partial charge in [0.2, 0.25) is 0 Å². The van der Waals surface area contributed by atoms with Crippen molar-refractivity contribution in [2.75, 3.05) is 13.1 Å². The summed E-state index contributed by atoms with van der Waals surface area (Å²) in [6, 6.07) is 14.2. The molecule has 0 aliphatic carbocycles. The highest BCUT2D eigenvalue weighted by Crippen LogP contribution is 2.32. The summed E-state index contributed by atoms with van der Waals surface area (Å²) < 4.78 is 5.62. The molecule has 0 radical (unpaired) electrons. The van der Waals surface area contributed by atoms with Gasteiger partial charge in [-0.25, -0.2) is 0 Å². The van der Waals surface area contributed by atoms with Crippen LogP contribution in [0, 0.1) is 5.92 Å². The zero-order valence-electron chi connectivity index (χ0n) is 11.8. The van der Waals surface area contributed by atoms with Crippen molar-refractivity contribution in [1.29, 1.82) is 0 Å². The lowest BCUT2D eigenvalue weighted by Crippen LogP contribution is -2.39. The number of benzene rings is 1. The fourth-order valence-corrected chi connectivity index (χ4v) is 3.04. The molecular weight excluding hydrogens is 266 g/mol. The average molecular weight is 285 g/mol. The van der Waals surface area contributed by atoms with Crippen LogP contribution in [-0.4, -0.2) is 29.1 Å². The number of hydrogen-bond donors (Lipinski definition) is 1. The van der Waals surface area contributed by atoms with E-state index in [1.54, 1.807) is 6.26 Å². The van der Waals surface area contributed by atoms with E-state index >= 15 is 0 Å². The van der Waals surface area contributed by atoms with Gasteiger partial charge in [0.15, 0.2) is 0 Å². The maximum absolute atomic E-state index is 11.1. The van der Waals surface area contributed by atoms with Crippen LogP contribution in [0.1, 0.15) is 30.2 Å². The van der Waals surface area contributed by atoms with Gasteiger partial charge in [-0.3, -0.25) is 9.69 Å². The van der Waals surface area contributed by atoms with E-state index in [4.69, 9.17) is 9.52 Å². The maximum Gasteiger partial charge on any atom is 0.306 e. The fraction of sp³-hybridized carbons (Fsp3) is 0.353. The van der Waals surface area contributed by atoms with Crippen molar-refractivity contribution >= 4 is 5.97 Å². The highest BCUT2D eigenvalue weighted by Gasteiger charge is 2.31. The van der Waals surface area contributed by atoms with Crippen molar-refractivity contribution in [3.05, 3.63) is 60.1 Å². The van der Waals surface area contributed by atoms with Crippen LogP contribution in [0.2, 0.25) is 0 Å². The Morgan fingerprint density at radius 2 is 1.86 bits per heavy atom. The normalized spacial score (nSPS) is 18.5. The molecule has 0 amide bonds. The number of furan rings is 1. The number of rotatable bonds is 4. The molecule has 0 bridgehead atoms. The van der Waals surface area contributed by atoms with E-state index < -0.39 is 5.97 Å². The Balaban J connectivity index is 1.83. The predicted molar refractivity (Wildman–Crippen MR) is 78.9 cm³/mol. The van der Waals surface area contributed by atoms with E-state index in [-0.39, 0.29) is 12.0 Å². The first-order chi connectivity index (χ1) is 10.3. The molecule has 4 nitrogen and oxygen atoms in total. The molecule has 2 aromatic rings. The lowest BCUT2D eigenvalue weighted by molar-refractivity contribution is -0.143. The minimum absolute atomic E-state index is 0.0657. The Kier molecular flexibility index (Phi) is 4.06. The van der Waals surface area contributed by atoms with E-state index in [0.29, 0.717) is 12.8 Å². The van der Waals surface area contributed by atoms with E-state index in [1.807, 2.05) is 30.3 Å². The summed E-state index contributed by atoms with van der Waals surface area (Å²) in [6.45, 7) is 1.55. The van der Waals surface area contributed by atoms with Crippen molar-refractivity contribution in [2.24, 2.45) is 5.92 Å². The topological polar surface area (TPSA) is 53.7 Å². The highest BCUT2D eigenvalue weighted by atomic mass is 16.4. The largest absolute Gasteiger partial charge is 0.481 e. The molecule has 1 aromatic heterocycles. The lowest BCUT2D eigenvalue weighted by atomic mass is 9.93. The number of carboxylic acids is 1. The summed E-state index contributed by atoms with van der Waals surface area (Å²) in [7, 11) is 0. The summed E-state index contributed by atoms with van der Waals surface area (Å²) in [5.74, 6) is 0.0214. The minimum Gasteiger partial charge on any atom is -0.481 e. The SMILES string of the molecule is O=C(O)C1CCN(C(c2ccccc2)c2ccco2)CC1. The monoisotopic (exact) mass is 285 g/mol. The zero-order valence-corrected chi connectivity index (χ0v) is 11.8. The first kappa shape index (κ1) is 13.9. The van der Waals surface area contributed by atoms with Crippen molar-refractivity contribution in [3.8, 4) is 0 Å². The molecule has 1 unspecified atom stereocenters. The average Bonchev–Trinajstić information content (AvgIpc) is 3.03. The van der Waals surface area contributed by atoms with Gasteiger partial charge in [0.1, 0.15) is 5.76 Å². The minimum atomic E-state index is -0.677. The Morgan fingerprint density at radius 3 is 2.43 bits per heavy atom. The molecule has 1 saturated heterocycles. The summed E-state index contributed by atoms with van der Waals surface area (Å²) in [5, 5.41) is 9.13. The van der Waals surface area contributed by atoms with Crippen LogP contribution in [-0.2, 0) is 4.79 Å². The van der Waals surface area contributed by atoms with Gasteiger partial charge >= 0.3 is 5.97 Å². The molecule has 3 rings (SSSR count). The summed E-state index contributed by atoms with van der Waals surface area (Å²) in [6.07, 6.45) is 3.08. The molecule has 1 fully saturated rings. The summed E-state index contributed by atoms with van der Waals surface area (Å²) in [5.41, 5.74) is 1.18. The van der Waals surface area contributed by atoms with E-state index in [2.05, 4.69) is 17.0 Å². The molecule has 4 heteroatoms. The Labute approximate surface area is 124 Å². The molecular formula is C17H19NO3. The van der Waals surface area contributed by atoms with Crippen molar-refractivity contribution in [2.45, 2.75) is 18.9 Å². The molecule has 1 aromatic carbocycles. The smallest absolute Gasteiger partial charge is 0.306 e. The molecule has 1 aliphatic heterocycles. The molecule has 0 spiro atoms. The highest BCUT2D eigenvalue weighted by molar-refractivity contribution is 5.70. The number of carboxylic acid groups (broad SMARTS) is 1. The Morgan fingerprint density at radius 1 is 1.14 bits per heavy atom. The fourth-order valence-electron chi connectivity index (χ4n) is 3.04. The first-order valence-electron chi connectivity index (χ1n) is 7.31. The van der Waals surface area contributed by atoms with Gasteiger partial charge in [-0.15, -0.1) is 0 Å².